The molecule has 0 aliphatic rings. The number of unbranched alkanes of at least 4 members (excludes halogenated alkanes) is 28. The van der Waals surface area contributed by atoms with Crippen LogP contribution < -0.4 is 0 Å². The SMILES string of the molecule is CC/C=C\C/C=C\C/C=C\C/C=C\C/C=C\CCCCCC(=O)OCC(COP(=O)(O)OCC(O)COP(=O)(O)OCC(COC(=O)CCCCCCCC/C=C\C/C=C\C/C=C\CCCCC)OC(=O)CCCCCCCCCCCCCCCCC)OC(=O)CCCC/C=C\C/C=C\C/C=C\C/C=C\CC. The van der Waals surface area contributed by atoms with Crippen molar-refractivity contribution in [3.8, 4) is 0 Å². The summed E-state index contributed by atoms with van der Waals surface area (Å²) in [6, 6.07) is 0. The minimum atomic E-state index is -5.00. The van der Waals surface area contributed by atoms with Crippen LogP contribution in [0.1, 0.15) is 336 Å². The van der Waals surface area contributed by atoms with Gasteiger partial charge in [-0.25, -0.2) is 9.13 Å². The van der Waals surface area contributed by atoms with Gasteiger partial charge in [-0.05, 0) is 148 Å². The van der Waals surface area contributed by atoms with Gasteiger partial charge in [0, 0.05) is 25.7 Å². The quantitative estimate of drug-likeness (QED) is 0.0169. The first-order valence-electron chi connectivity index (χ1n) is 42.1. The van der Waals surface area contributed by atoms with Gasteiger partial charge >= 0.3 is 39.5 Å². The van der Waals surface area contributed by atoms with Crippen molar-refractivity contribution >= 4 is 39.5 Å². The standard InChI is InChI=1S/C89H150O17P2/c1-5-9-13-17-21-25-29-33-37-39-41-43-47-49-53-57-61-65-69-73-86(91)99-79-84(105-88(93)75-71-67-63-59-55-51-45-35-31-27-23-19-15-11-7-3)81-103-107(95,96)101-77-83(90)78-102-108(97,98)104-82-85(106-89(94)76-72-68-64-60-56-52-46-36-32-28-24-20-16-12-8-4)80-100-87(92)74-70-66-62-58-54-50-48-44-42-40-38-34-30-26-22-18-14-10-6-2/h9,11,13,15,21-23,25-27,33-35,37-38,41-45,49,53,55,59,83-85,90H,5-8,10,12,14,16-20,24,28-32,36,39-40,46-48,50-52,54,56-58,60-82H2,1-4H3,(H,95,96)(H,97,98)/b13-9-,15-11-,25-21-,26-22-,27-23-,37-33-,38-34-,43-41-,44-42-,45-35-,53-49-,59-55-. The largest absolute Gasteiger partial charge is 0.472 e. The van der Waals surface area contributed by atoms with Gasteiger partial charge in [-0.1, -0.05) is 308 Å². The van der Waals surface area contributed by atoms with Crippen molar-refractivity contribution < 1.29 is 80.2 Å². The summed E-state index contributed by atoms with van der Waals surface area (Å²) >= 11 is 0. The number of phosphoric ester groups is 2. The highest BCUT2D eigenvalue weighted by atomic mass is 31.2. The van der Waals surface area contributed by atoms with E-state index < -0.39 is 97.5 Å². The maximum Gasteiger partial charge on any atom is 0.472 e. The van der Waals surface area contributed by atoms with Crippen molar-refractivity contribution in [2.75, 3.05) is 39.6 Å². The Labute approximate surface area is 656 Å². The van der Waals surface area contributed by atoms with Gasteiger partial charge in [-0.3, -0.25) is 37.3 Å². The Bertz CT molecular complexity index is 2610. The highest BCUT2D eigenvalue weighted by molar-refractivity contribution is 7.47. The molecular formula is C89H150O17P2. The van der Waals surface area contributed by atoms with E-state index in [1.807, 2.05) is 0 Å². The van der Waals surface area contributed by atoms with Crippen LogP contribution in [-0.2, 0) is 65.4 Å². The van der Waals surface area contributed by atoms with E-state index in [-0.39, 0.29) is 25.7 Å². The van der Waals surface area contributed by atoms with Gasteiger partial charge in [-0.2, -0.15) is 0 Å². The second-order valence-electron chi connectivity index (χ2n) is 27.7. The molecule has 5 atom stereocenters. The summed E-state index contributed by atoms with van der Waals surface area (Å²) in [6.07, 6.45) is 92.4. The number of esters is 4. The summed E-state index contributed by atoms with van der Waals surface area (Å²) in [7, 11) is -10.00. The smallest absolute Gasteiger partial charge is 0.462 e. The fourth-order valence-electron chi connectivity index (χ4n) is 11.0. The summed E-state index contributed by atoms with van der Waals surface area (Å²) in [5, 5.41) is 10.7. The van der Waals surface area contributed by atoms with E-state index in [0.717, 1.165) is 167 Å². The zero-order chi connectivity index (χ0) is 78.9. The second-order valence-corrected chi connectivity index (χ2v) is 30.6. The molecule has 0 fully saturated rings. The molecule has 108 heavy (non-hydrogen) atoms. The third-order valence-electron chi connectivity index (χ3n) is 17.3. The lowest BCUT2D eigenvalue weighted by Crippen LogP contribution is -2.30. The molecule has 0 aromatic rings. The van der Waals surface area contributed by atoms with E-state index >= 15 is 0 Å². The van der Waals surface area contributed by atoms with Crippen molar-refractivity contribution in [2.45, 2.75) is 354 Å². The molecule has 5 unspecified atom stereocenters. The lowest BCUT2D eigenvalue weighted by molar-refractivity contribution is -0.161. The molecule has 0 amide bonds. The molecule has 0 aliphatic carbocycles. The maximum atomic E-state index is 13.1. The van der Waals surface area contributed by atoms with Crippen LogP contribution in [0, 0.1) is 0 Å². The normalized spacial score (nSPS) is 14.5. The molecular weight excluding hydrogens is 1400 g/mol. The molecule has 3 N–H and O–H groups in total. The molecule has 0 bridgehead atoms. The van der Waals surface area contributed by atoms with Gasteiger partial charge in [0.1, 0.15) is 19.3 Å². The second kappa shape index (κ2) is 80.0. The lowest BCUT2D eigenvalue weighted by atomic mass is 10.0. The van der Waals surface area contributed by atoms with Crippen LogP contribution in [-0.4, -0.2) is 96.7 Å². The van der Waals surface area contributed by atoms with Crippen molar-refractivity contribution in [3.05, 3.63) is 146 Å². The van der Waals surface area contributed by atoms with E-state index in [4.69, 9.17) is 37.0 Å². The highest BCUT2D eigenvalue weighted by Gasteiger charge is 2.30. The van der Waals surface area contributed by atoms with Crippen LogP contribution in [0.5, 0.6) is 0 Å². The Morgan fingerprint density at radius 3 is 0.787 bits per heavy atom. The molecule has 0 aliphatic heterocycles. The first-order valence-corrected chi connectivity index (χ1v) is 45.1. The Balaban J connectivity index is 5.43. The van der Waals surface area contributed by atoms with Crippen molar-refractivity contribution in [1.82, 2.24) is 0 Å². The summed E-state index contributed by atoms with van der Waals surface area (Å²) in [5.74, 6) is -2.27. The molecule has 0 radical (unpaired) electrons. The molecule has 0 heterocycles. The topological polar surface area (TPSA) is 237 Å². The third-order valence-corrected chi connectivity index (χ3v) is 19.2. The molecule has 0 aromatic heterocycles. The lowest BCUT2D eigenvalue weighted by Gasteiger charge is -2.21. The van der Waals surface area contributed by atoms with Crippen molar-refractivity contribution in [1.29, 1.82) is 0 Å². The number of carbonyl (C=O) groups is 4. The minimum Gasteiger partial charge on any atom is -0.462 e. The molecule has 17 nitrogen and oxygen atoms in total. The van der Waals surface area contributed by atoms with E-state index in [2.05, 4.69) is 174 Å². The average molecular weight is 1550 g/mol. The number of ether oxygens (including phenoxy) is 4. The summed E-state index contributed by atoms with van der Waals surface area (Å²) in [5.41, 5.74) is 0. The Kier molecular flexibility index (Phi) is 76.3. The number of aliphatic hydroxyl groups is 1. The fourth-order valence-corrected chi connectivity index (χ4v) is 12.5. The Morgan fingerprint density at radius 1 is 0.269 bits per heavy atom. The summed E-state index contributed by atoms with van der Waals surface area (Å²) < 4.78 is 68.7. The van der Waals surface area contributed by atoms with Gasteiger partial charge in [0.2, 0.25) is 0 Å². The zero-order valence-electron chi connectivity index (χ0n) is 67.7. The fraction of sp³-hybridized carbons (Fsp3) is 0.685. The van der Waals surface area contributed by atoms with Gasteiger partial charge in [0.05, 0.1) is 26.4 Å². The summed E-state index contributed by atoms with van der Waals surface area (Å²) in [6.45, 7) is 4.55. The first kappa shape index (κ1) is 103. The molecule has 0 spiro atoms. The molecule has 0 saturated heterocycles. The van der Waals surface area contributed by atoms with Crippen LogP contribution in [0.2, 0.25) is 0 Å². The van der Waals surface area contributed by atoms with E-state index in [1.165, 1.54) is 83.5 Å². The number of aliphatic hydroxyl groups excluding tert-OH is 1. The minimum absolute atomic E-state index is 0.0309. The van der Waals surface area contributed by atoms with Crippen LogP contribution in [0.25, 0.3) is 0 Å². The van der Waals surface area contributed by atoms with Crippen LogP contribution in [0.3, 0.4) is 0 Å². The molecule has 0 rings (SSSR count). The summed E-state index contributed by atoms with van der Waals surface area (Å²) in [4.78, 5) is 73.2. The number of carbonyl (C=O) groups excluding carboxylic acids is 4. The average Bonchev–Trinajstić information content (AvgIpc) is 0.923. The van der Waals surface area contributed by atoms with Gasteiger partial charge in [0.15, 0.2) is 12.2 Å². The van der Waals surface area contributed by atoms with Crippen LogP contribution in [0.15, 0.2) is 146 Å². The molecule has 618 valence electrons. The Morgan fingerprint density at radius 2 is 0.481 bits per heavy atom. The number of hydrogen-bond acceptors (Lipinski definition) is 15. The highest BCUT2D eigenvalue weighted by Crippen LogP contribution is 2.45. The predicted molar refractivity (Wildman–Crippen MR) is 445 cm³/mol. The van der Waals surface area contributed by atoms with Crippen molar-refractivity contribution in [2.24, 2.45) is 0 Å². The van der Waals surface area contributed by atoms with E-state index in [0.29, 0.717) is 32.1 Å². The number of hydrogen-bond donors (Lipinski definition) is 3. The third kappa shape index (κ3) is 79.0. The van der Waals surface area contributed by atoms with Gasteiger partial charge in [0.25, 0.3) is 0 Å². The van der Waals surface area contributed by atoms with Crippen molar-refractivity contribution in [3.63, 3.8) is 0 Å². The first-order chi connectivity index (χ1) is 52.7. The van der Waals surface area contributed by atoms with E-state index in [9.17, 15) is 43.2 Å². The Hall–Kier alpha value is -5.06. The molecule has 0 aromatic carbocycles. The van der Waals surface area contributed by atoms with E-state index in [1.54, 1.807) is 0 Å². The number of phosphoric acid groups is 2. The zero-order valence-corrected chi connectivity index (χ0v) is 69.5. The van der Waals surface area contributed by atoms with Crippen LogP contribution >= 0.6 is 15.6 Å². The van der Waals surface area contributed by atoms with Gasteiger partial charge in [-0.15, -0.1) is 0 Å². The number of allylic oxidation sites excluding steroid dienone is 24. The molecule has 0 saturated carbocycles. The number of rotatable bonds is 78. The monoisotopic (exact) mass is 1550 g/mol. The predicted octanol–water partition coefficient (Wildman–Crippen LogP) is 25.0. The molecule has 19 heteroatoms. The van der Waals surface area contributed by atoms with Crippen LogP contribution in [0.4, 0.5) is 0 Å². The maximum absolute atomic E-state index is 13.1. The van der Waals surface area contributed by atoms with Gasteiger partial charge < -0.3 is 33.8 Å².